The second-order valence-corrected chi connectivity index (χ2v) is 4.71. The van der Waals surface area contributed by atoms with Gasteiger partial charge >= 0.3 is 0 Å². The first-order valence-corrected chi connectivity index (χ1v) is 6.71. The Balaban J connectivity index is 1.60. The molecule has 3 aromatic heterocycles. The fourth-order valence-electron chi connectivity index (χ4n) is 1.93. The van der Waals surface area contributed by atoms with Crippen LogP contribution in [0.1, 0.15) is 17.2 Å². The third kappa shape index (κ3) is 3.07. The smallest absolute Gasteiger partial charge is 0.216 e. The minimum atomic E-state index is 0.571. The summed E-state index contributed by atoms with van der Waals surface area (Å²) in [5.41, 5.74) is 1.78. The van der Waals surface area contributed by atoms with Crippen LogP contribution in [0.15, 0.2) is 29.0 Å². The Morgan fingerprint density at radius 1 is 1.29 bits per heavy atom. The molecule has 0 amide bonds. The molecule has 108 valence electrons. The number of nitrogens with one attached hydrogen (secondary N) is 2. The lowest BCUT2D eigenvalue weighted by atomic mass is 10.3. The molecule has 7 heteroatoms. The molecule has 0 saturated heterocycles. The highest BCUT2D eigenvalue weighted by atomic mass is 16.3. The van der Waals surface area contributed by atoms with Gasteiger partial charge in [-0.1, -0.05) is 0 Å². The highest BCUT2D eigenvalue weighted by Gasteiger charge is 2.08. The van der Waals surface area contributed by atoms with E-state index in [4.69, 9.17) is 4.42 Å². The maximum absolute atomic E-state index is 5.26. The van der Waals surface area contributed by atoms with E-state index in [-0.39, 0.29) is 0 Å². The van der Waals surface area contributed by atoms with Crippen LogP contribution in [-0.4, -0.2) is 31.7 Å². The van der Waals surface area contributed by atoms with Gasteiger partial charge in [-0.25, -0.2) is 9.97 Å². The van der Waals surface area contributed by atoms with Gasteiger partial charge in [0.1, 0.15) is 11.6 Å². The number of nitrogens with zero attached hydrogens (tertiary/aromatic N) is 4. The third-order valence-corrected chi connectivity index (χ3v) is 3.00. The average Bonchev–Trinajstić information content (AvgIpc) is 3.13. The Kier molecular flexibility index (Phi) is 3.63. The molecule has 3 rings (SSSR count). The van der Waals surface area contributed by atoms with Crippen LogP contribution in [0.3, 0.4) is 0 Å². The Morgan fingerprint density at radius 3 is 3.00 bits per heavy atom. The zero-order valence-corrected chi connectivity index (χ0v) is 11.9. The van der Waals surface area contributed by atoms with Gasteiger partial charge in [0.15, 0.2) is 5.76 Å². The van der Waals surface area contributed by atoms with E-state index in [0.29, 0.717) is 24.6 Å². The van der Waals surface area contributed by atoms with Crippen molar-refractivity contribution in [3.63, 3.8) is 0 Å². The maximum Gasteiger partial charge on any atom is 0.216 e. The van der Waals surface area contributed by atoms with E-state index in [9.17, 15) is 0 Å². The molecule has 2 N–H and O–H groups in total. The first-order chi connectivity index (χ1) is 10.2. The third-order valence-electron chi connectivity index (χ3n) is 3.00. The molecule has 0 bridgehead atoms. The number of aromatic amines is 1. The van der Waals surface area contributed by atoms with Crippen molar-refractivity contribution in [2.75, 3.05) is 11.9 Å². The number of hydrogen-bond acceptors (Lipinski definition) is 6. The lowest BCUT2D eigenvalue weighted by Crippen LogP contribution is -2.09. The van der Waals surface area contributed by atoms with Crippen LogP contribution in [0.4, 0.5) is 5.82 Å². The van der Waals surface area contributed by atoms with E-state index >= 15 is 0 Å². The quantitative estimate of drug-likeness (QED) is 0.745. The highest BCUT2D eigenvalue weighted by Crippen LogP contribution is 2.14. The number of hydrogen-bond donors (Lipinski definition) is 2. The van der Waals surface area contributed by atoms with Gasteiger partial charge in [0.05, 0.1) is 17.7 Å². The lowest BCUT2D eigenvalue weighted by molar-refractivity contribution is 0.577. The van der Waals surface area contributed by atoms with Crippen molar-refractivity contribution in [2.45, 2.75) is 20.3 Å². The summed E-state index contributed by atoms with van der Waals surface area (Å²) in [5.74, 6) is 2.83. The first-order valence-electron chi connectivity index (χ1n) is 6.71. The molecule has 3 aromatic rings. The van der Waals surface area contributed by atoms with Gasteiger partial charge in [0, 0.05) is 19.2 Å². The van der Waals surface area contributed by atoms with E-state index in [1.165, 1.54) is 0 Å². The fourth-order valence-corrected chi connectivity index (χ4v) is 1.93. The molecule has 7 nitrogen and oxygen atoms in total. The fraction of sp³-hybridized carbons (Fsp3) is 0.286. The van der Waals surface area contributed by atoms with Crippen molar-refractivity contribution in [3.05, 3.63) is 41.8 Å². The van der Waals surface area contributed by atoms with Gasteiger partial charge in [0.2, 0.25) is 5.82 Å². The topological polar surface area (TPSA) is 92.5 Å². The predicted octanol–water partition coefficient (Wildman–Crippen LogP) is 2.13. The standard InChI is InChI=1S/C14H16N6O/c1-9-8-16-10(2)13(17-9)15-6-5-12-18-14(20-19-12)11-4-3-7-21-11/h3-4,7-8H,5-6H2,1-2H3,(H,15,17)(H,18,19,20). The van der Waals surface area contributed by atoms with Crippen molar-refractivity contribution < 1.29 is 4.42 Å². The zero-order chi connectivity index (χ0) is 14.7. The zero-order valence-electron chi connectivity index (χ0n) is 11.9. The summed E-state index contributed by atoms with van der Waals surface area (Å²) in [6.45, 7) is 4.55. The average molecular weight is 284 g/mol. The monoisotopic (exact) mass is 284 g/mol. The minimum Gasteiger partial charge on any atom is -0.461 e. The van der Waals surface area contributed by atoms with E-state index in [1.54, 1.807) is 12.5 Å². The second kappa shape index (κ2) is 5.74. The molecule has 0 fully saturated rings. The van der Waals surface area contributed by atoms with Crippen LogP contribution < -0.4 is 5.32 Å². The van der Waals surface area contributed by atoms with Crippen molar-refractivity contribution in [1.82, 2.24) is 25.1 Å². The molecule has 21 heavy (non-hydrogen) atoms. The van der Waals surface area contributed by atoms with Crippen molar-refractivity contribution in [2.24, 2.45) is 0 Å². The van der Waals surface area contributed by atoms with Crippen LogP contribution in [-0.2, 0) is 6.42 Å². The summed E-state index contributed by atoms with van der Waals surface area (Å²) in [4.78, 5) is 13.1. The summed E-state index contributed by atoms with van der Waals surface area (Å²) >= 11 is 0. The van der Waals surface area contributed by atoms with Gasteiger partial charge in [-0.2, -0.15) is 5.10 Å². The molecular weight excluding hydrogens is 268 g/mol. The van der Waals surface area contributed by atoms with E-state index in [1.807, 2.05) is 26.0 Å². The van der Waals surface area contributed by atoms with E-state index < -0.39 is 0 Å². The van der Waals surface area contributed by atoms with Gasteiger partial charge in [-0.3, -0.25) is 10.1 Å². The Morgan fingerprint density at radius 2 is 2.19 bits per heavy atom. The number of furan rings is 1. The summed E-state index contributed by atoms with van der Waals surface area (Å²) in [6.07, 6.45) is 4.07. The van der Waals surface area contributed by atoms with Gasteiger partial charge in [0.25, 0.3) is 0 Å². The molecule has 0 atom stereocenters. The van der Waals surface area contributed by atoms with Gasteiger partial charge in [-0.15, -0.1) is 0 Å². The maximum atomic E-state index is 5.26. The molecule has 0 radical (unpaired) electrons. The molecule has 0 unspecified atom stereocenters. The number of aryl methyl sites for hydroxylation is 2. The Hall–Kier alpha value is -2.70. The molecular formula is C14H16N6O. The van der Waals surface area contributed by atoms with Crippen molar-refractivity contribution in [1.29, 1.82) is 0 Å². The van der Waals surface area contributed by atoms with Crippen molar-refractivity contribution in [3.8, 4) is 11.6 Å². The summed E-state index contributed by atoms with van der Waals surface area (Å²) in [6, 6.07) is 3.64. The summed E-state index contributed by atoms with van der Waals surface area (Å²) in [7, 11) is 0. The second-order valence-electron chi connectivity index (χ2n) is 4.71. The normalized spacial score (nSPS) is 10.8. The van der Waals surface area contributed by atoms with Crippen LogP contribution in [0, 0.1) is 13.8 Å². The minimum absolute atomic E-state index is 0.571. The Labute approximate surface area is 121 Å². The van der Waals surface area contributed by atoms with E-state index in [2.05, 4.69) is 30.5 Å². The van der Waals surface area contributed by atoms with Gasteiger partial charge in [-0.05, 0) is 26.0 Å². The molecule has 0 saturated carbocycles. The largest absolute Gasteiger partial charge is 0.461 e. The molecule has 0 aliphatic carbocycles. The highest BCUT2D eigenvalue weighted by molar-refractivity contribution is 5.45. The van der Waals surface area contributed by atoms with Crippen molar-refractivity contribution >= 4 is 5.82 Å². The summed E-state index contributed by atoms with van der Waals surface area (Å²) < 4.78 is 5.26. The van der Waals surface area contributed by atoms with Crippen LogP contribution in [0.25, 0.3) is 11.6 Å². The van der Waals surface area contributed by atoms with Crippen LogP contribution in [0.2, 0.25) is 0 Å². The number of aromatic nitrogens is 5. The van der Waals surface area contributed by atoms with Crippen LogP contribution >= 0.6 is 0 Å². The van der Waals surface area contributed by atoms with Gasteiger partial charge < -0.3 is 9.73 Å². The number of H-pyrrole nitrogens is 1. The molecule has 0 spiro atoms. The molecule has 0 aliphatic heterocycles. The first kappa shape index (κ1) is 13.3. The van der Waals surface area contributed by atoms with E-state index in [0.717, 1.165) is 23.0 Å². The van der Waals surface area contributed by atoms with Crippen LogP contribution in [0.5, 0.6) is 0 Å². The summed E-state index contributed by atoms with van der Waals surface area (Å²) in [5, 5.41) is 10.3. The lowest BCUT2D eigenvalue weighted by Gasteiger charge is -2.07. The molecule has 0 aromatic carbocycles. The molecule has 0 aliphatic rings. The Bertz CT molecular complexity index is 719. The molecule has 3 heterocycles. The number of rotatable bonds is 5. The predicted molar refractivity (Wildman–Crippen MR) is 77.8 cm³/mol. The number of anilines is 1. The SMILES string of the molecule is Cc1cnc(C)c(NCCc2nc(-c3ccco3)n[nH]2)n1.